The number of β-lactam (4-membered cyclic amide) rings is 1. The van der Waals surface area contributed by atoms with Crippen LogP contribution in [0.25, 0.3) is 0 Å². The van der Waals surface area contributed by atoms with Gasteiger partial charge in [-0.3, -0.25) is 14.5 Å². The second kappa shape index (κ2) is 10.7. The Hall–Kier alpha value is -3.18. The quantitative estimate of drug-likeness (QED) is 0.165. The minimum absolute atomic E-state index is 0.0738. The lowest BCUT2D eigenvalue weighted by Crippen LogP contribution is -2.71. The second-order valence-electron chi connectivity index (χ2n) is 8.51. The molecule has 2 aliphatic heterocycles. The second-order valence-corrected chi connectivity index (χ2v) is 11.5. The molecule has 4 N–H and O–H groups in total. The third-order valence-corrected chi connectivity index (χ3v) is 9.18. The van der Waals surface area contributed by atoms with Crippen molar-refractivity contribution in [1.82, 2.24) is 35.4 Å². The number of anilines is 1. The lowest BCUT2D eigenvalue weighted by atomic mass is 10.0. The lowest BCUT2D eigenvalue weighted by molar-refractivity contribution is -0.150. The number of aliphatic carboxylic acids is 1. The predicted octanol–water partition coefficient (Wildman–Crippen LogP) is 0.443. The van der Waals surface area contributed by atoms with E-state index in [1.54, 1.807) is 12.4 Å². The number of oxime groups is 1. The van der Waals surface area contributed by atoms with Gasteiger partial charge in [-0.15, -0.1) is 28.2 Å². The summed E-state index contributed by atoms with van der Waals surface area (Å²) in [6, 6.07) is -0.920. The number of carboxylic acids is 1. The molecule has 0 spiro atoms. The van der Waals surface area contributed by atoms with Crippen LogP contribution in [0.4, 0.5) is 5.13 Å². The molecule has 14 nitrogen and oxygen atoms in total. The number of nitrogens with one attached hydrogen (secondary N) is 1. The van der Waals surface area contributed by atoms with Crippen molar-refractivity contribution in [1.29, 1.82) is 0 Å². The zero-order valence-electron chi connectivity index (χ0n) is 19.6. The van der Waals surface area contributed by atoms with E-state index in [1.807, 2.05) is 0 Å². The normalized spacial score (nSPS) is 22.1. The van der Waals surface area contributed by atoms with Crippen molar-refractivity contribution >= 4 is 63.5 Å². The summed E-state index contributed by atoms with van der Waals surface area (Å²) in [5.74, 6) is -1.69. The first-order valence-corrected chi connectivity index (χ1v) is 14.3. The van der Waals surface area contributed by atoms with Crippen LogP contribution in [0.5, 0.6) is 0 Å². The monoisotopic (exact) mass is 565 g/mol. The topological polar surface area (TPSA) is 191 Å². The molecular formula is C20H23N9O5S3. The summed E-state index contributed by atoms with van der Waals surface area (Å²) in [5, 5.41) is 29.7. The van der Waals surface area contributed by atoms with Gasteiger partial charge in [-0.2, -0.15) is 0 Å². The SMILES string of the molecule is Cn1nnnc1SCC1=C(C(=O)O)N2C(=O)C(NC(=O)C(=NOC3CCCC3)c3csc(N)n3)[C@H]2SC1. The summed E-state index contributed by atoms with van der Waals surface area (Å²) in [5.41, 5.74) is 6.42. The number of amides is 2. The minimum Gasteiger partial charge on any atom is -0.477 e. The molecule has 1 aliphatic carbocycles. The van der Waals surface area contributed by atoms with Crippen LogP contribution in [0.2, 0.25) is 0 Å². The maximum Gasteiger partial charge on any atom is 0.352 e. The number of nitrogens with two attached hydrogens (primary N) is 1. The van der Waals surface area contributed by atoms with Crippen LogP contribution in [-0.4, -0.2) is 87.7 Å². The van der Waals surface area contributed by atoms with Crippen molar-refractivity contribution in [2.45, 2.75) is 48.4 Å². The fourth-order valence-electron chi connectivity index (χ4n) is 4.22. The summed E-state index contributed by atoms with van der Waals surface area (Å²) in [7, 11) is 1.68. The molecule has 2 atom stereocenters. The average molecular weight is 566 g/mol. The van der Waals surface area contributed by atoms with E-state index in [4.69, 9.17) is 10.6 Å². The van der Waals surface area contributed by atoms with Gasteiger partial charge in [-0.1, -0.05) is 16.9 Å². The molecule has 0 bridgehead atoms. The van der Waals surface area contributed by atoms with Crippen molar-refractivity contribution in [2.75, 3.05) is 17.2 Å². The number of carbonyl (C=O) groups is 3. The maximum atomic E-state index is 13.2. The molecule has 17 heteroatoms. The van der Waals surface area contributed by atoms with Crippen LogP contribution >= 0.6 is 34.9 Å². The highest BCUT2D eigenvalue weighted by Gasteiger charge is 2.54. The van der Waals surface area contributed by atoms with E-state index in [9.17, 15) is 19.5 Å². The van der Waals surface area contributed by atoms with Crippen molar-refractivity contribution in [3.63, 3.8) is 0 Å². The maximum absolute atomic E-state index is 13.2. The largest absolute Gasteiger partial charge is 0.477 e. The van der Waals surface area contributed by atoms with E-state index < -0.39 is 29.2 Å². The Morgan fingerprint density at radius 1 is 1.38 bits per heavy atom. The van der Waals surface area contributed by atoms with Crippen molar-refractivity contribution in [3.05, 3.63) is 22.3 Å². The lowest BCUT2D eigenvalue weighted by Gasteiger charge is -2.49. The first-order chi connectivity index (χ1) is 17.8. The summed E-state index contributed by atoms with van der Waals surface area (Å²) < 4.78 is 1.48. The van der Waals surface area contributed by atoms with E-state index in [0.717, 1.165) is 37.0 Å². The van der Waals surface area contributed by atoms with Gasteiger partial charge in [0.15, 0.2) is 10.8 Å². The van der Waals surface area contributed by atoms with E-state index >= 15 is 0 Å². The Morgan fingerprint density at radius 3 is 2.81 bits per heavy atom. The van der Waals surface area contributed by atoms with Crippen LogP contribution in [0.15, 0.2) is 27.0 Å². The number of thiazole rings is 1. The average Bonchev–Trinajstić information content (AvgIpc) is 3.64. The highest BCUT2D eigenvalue weighted by Crippen LogP contribution is 2.41. The number of nitrogens with zero attached hydrogens (tertiary/aromatic N) is 7. The van der Waals surface area contributed by atoms with Crippen molar-refractivity contribution in [3.8, 4) is 0 Å². The van der Waals surface area contributed by atoms with E-state index in [-0.39, 0.29) is 28.3 Å². The molecule has 1 saturated heterocycles. The number of aromatic nitrogens is 5. The van der Waals surface area contributed by atoms with Gasteiger partial charge in [-0.25, -0.2) is 14.5 Å². The molecule has 2 amide bonds. The number of tetrazole rings is 1. The molecule has 0 radical (unpaired) electrons. The fraction of sp³-hybridized carbons (Fsp3) is 0.500. The molecule has 4 heterocycles. The number of thioether (sulfide) groups is 2. The van der Waals surface area contributed by atoms with Gasteiger partial charge < -0.3 is 21.0 Å². The Kier molecular flexibility index (Phi) is 7.34. The number of aryl methyl sites for hydroxylation is 1. The first-order valence-electron chi connectivity index (χ1n) is 11.3. The molecule has 2 aromatic heterocycles. The van der Waals surface area contributed by atoms with Crippen LogP contribution in [0.3, 0.4) is 0 Å². The van der Waals surface area contributed by atoms with Gasteiger partial charge in [0.1, 0.15) is 28.9 Å². The zero-order chi connectivity index (χ0) is 26.1. The van der Waals surface area contributed by atoms with Gasteiger partial charge in [0.05, 0.1) is 0 Å². The first kappa shape index (κ1) is 25.5. The van der Waals surface area contributed by atoms with Crippen LogP contribution in [0.1, 0.15) is 31.4 Å². The van der Waals surface area contributed by atoms with Gasteiger partial charge in [-0.05, 0) is 41.7 Å². The summed E-state index contributed by atoms with van der Waals surface area (Å²) in [6.07, 6.45) is 3.69. The number of carbonyl (C=O) groups excluding carboxylic acids is 2. The molecular weight excluding hydrogens is 542 g/mol. The number of hydrogen-bond acceptors (Lipinski definition) is 13. The van der Waals surface area contributed by atoms with Crippen LogP contribution in [0, 0.1) is 0 Å². The highest BCUT2D eigenvalue weighted by atomic mass is 32.2. The number of fused-ring (bicyclic) bond motifs is 1. The molecule has 2 fully saturated rings. The predicted molar refractivity (Wildman–Crippen MR) is 136 cm³/mol. The Balaban J connectivity index is 1.30. The molecule has 1 saturated carbocycles. The molecule has 196 valence electrons. The van der Waals surface area contributed by atoms with Gasteiger partial charge >= 0.3 is 5.97 Å². The number of carboxylic acid groups (broad SMARTS) is 1. The molecule has 5 rings (SSSR count). The fourth-order valence-corrected chi connectivity index (χ4v) is 7.10. The molecule has 37 heavy (non-hydrogen) atoms. The molecule has 1 unspecified atom stereocenters. The Bertz CT molecular complexity index is 1290. The highest BCUT2D eigenvalue weighted by molar-refractivity contribution is 8.01. The smallest absolute Gasteiger partial charge is 0.352 e. The molecule has 3 aliphatic rings. The van der Waals surface area contributed by atoms with Crippen molar-refractivity contribution in [2.24, 2.45) is 12.2 Å². The molecule has 0 aromatic carbocycles. The van der Waals surface area contributed by atoms with Crippen LogP contribution < -0.4 is 11.1 Å². The summed E-state index contributed by atoms with van der Waals surface area (Å²) >= 11 is 3.81. The van der Waals surface area contributed by atoms with Crippen molar-refractivity contribution < 1.29 is 24.3 Å². The zero-order valence-corrected chi connectivity index (χ0v) is 22.0. The van der Waals surface area contributed by atoms with E-state index in [2.05, 4.69) is 31.0 Å². The Labute approximate surface area is 223 Å². The van der Waals surface area contributed by atoms with Crippen LogP contribution in [-0.2, 0) is 26.3 Å². The summed E-state index contributed by atoms with van der Waals surface area (Å²) in [6.45, 7) is 0. The standard InChI is InChI=1S/C20H23N9O5S3/c1-28-20(24-26-27-28)37-7-9-6-35-17-13(16(31)29(17)14(9)18(32)33)23-15(30)12(11-8-36-19(21)22-11)25-34-10-4-2-3-5-10/h8,10,13,17H,2-7H2,1H3,(H2,21,22)(H,23,30)(H,32,33)/t13?,17-/m1/s1. The third-order valence-electron chi connectivity index (χ3n) is 6.07. The summed E-state index contributed by atoms with van der Waals surface area (Å²) in [4.78, 5) is 49.3. The van der Waals surface area contributed by atoms with Gasteiger partial charge in [0.25, 0.3) is 11.8 Å². The minimum atomic E-state index is -1.21. The van der Waals surface area contributed by atoms with Gasteiger partial charge in [0, 0.05) is 23.9 Å². The van der Waals surface area contributed by atoms with E-state index in [1.165, 1.54) is 33.1 Å². The number of hydrogen-bond donors (Lipinski definition) is 3. The third kappa shape index (κ3) is 5.15. The van der Waals surface area contributed by atoms with E-state index in [0.29, 0.717) is 22.2 Å². The molecule has 2 aromatic rings. The van der Waals surface area contributed by atoms with Gasteiger partial charge in [0.2, 0.25) is 5.16 Å². The Morgan fingerprint density at radius 2 is 2.16 bits per heavy atom. The number of nitrogen functional groups attached to an aromatic ring is 1. The number of rotatable bonds is 9.